The number of fused-ring (bicyclic) bond motifs is 1. The van der Waals surface area contributed by atoms with E-state index in [4.69, 9.17) is 1.37 Å². The number of aryl methyl sites for hydroxylation is 1. The van der Waals surface area contributed by atoms with Crippen LogP contribution in [0.15, 0.2) is 29.3 Å². The van der Waals surface area contributed by atoms with Crippen LogP contribution in [-0.4, -0.2) is 9.38 Å². The highest BCUT2D eigenvalue weighted by atomic mass is 16.1. The first-order chi connectivity index (χ1) is 5.70. The Hall–Kier alpha value is -1.51. The van der Waals surface area contributed by atoms with E-state index in [1.54, 1.807) is 25.4 Å². The number of hydrogen-bond donors (Lipinski definition) is 1. The van der Waals surface area contributed by atoms with Gasteiger partial charge in [-0.15, -0.1) is 0 Å². The number of pyridine rings is 1. The van der Waals surface area contributed by atoms with Gasteiger partial charge < -0.3 is 4.98 Å². The standard InChI is InChI=1S/C8H8N2O/c1-6-2-3-7-9-4-5-10(7)8(6)11/h2-5,9H,1H3/i3D. The van der Waals surface area contributed by atoms with Crippen molar-refractivity contribution in [2.24, 2.45) is 0 Å². The van der Waals surface area contributed by atoms with Crippen molar-refractivity contribution in [1.82, 2.24) is 9.38 Å². The molecule has 0 aromatic carbocycles. The van der Waals surface area contributed by atoms with E-state index in [9.17, 15) is 4.79 Å². The average Bonchev–Trinajstić information content (AvgIpc) is 2.48. The quantitative estimate of drug-likeness (QED) is 0.594. The predicted octanol–water partition coefficient (Wildman–Crippen LogP) is 0.936. The van der Waals surface area contributed by atoms with E-state index in [0.29, 0.717) is 17.3 Å². The minimum absolute atomic E-state index is 0.0674. The molecule has 1 N–H and O–H groups in total. The van der Waals surface area contributed by atoms with Gasteiger partial charge >= 0.3 is 0 Å². The second-order valence-corrected chi connectivity index (χ2v) is 2.46. The summed E-state index contributed by atoms with van der Waals surface area (Å²) in [6.45, 7) is 1.71. The van der Waals surface area contributed by atoms with Gasteiger partial charge in [0.25, 0.3) is 5.56 Å². The predicted molar refractivity (Wildman–Crippen MR) is 42.8 cm³/mol. The van der Waals surface area contributed by atoms with Gasteiger partial charge in [0.1, 0.15) is 5.65 Å². The Kier molecular flexibility index (Phi) is 0.935. The number of aromatic amines is 1. The van der Waals surface area contributed by atoms with Crippen LogP contribution in [-0.2, 0) is 0 Å². The number of imidazole rings is 1. The molecular formula is C8H8N2O. The van der Waals surface area contributed by atoms with Crippen LogP contribution in [0.4, 0.5) is 0 Å². The van der Waals surface area contributed by atoms with E-state index in [0.717, 1.165) is 0 Å². The fourth-order valence-corrected chi connectivity index (χ4v) is 1.04. The summed E-state index contributed by atoms with van der Waals surface area (Å²) in [5, 5.41) is 0. The molecule has 2 heterocycles. The van der Waals surface area contributed by atoms with Gasteiger partial charge in [0, 0.05) is 18.0 Å². The Labute approximate surface area is 64.7 Å². The minimum Gasteiger partial charge on any atom is -0.346 e. The molecule has 11 heavy (non-hydrogen) atoms. The molecule has 0 spiro atoms. The Morgan fingerprint density at radius 3 is 3.36 bits per heavy atom. The first kappa shape index (κ1) is 5.18. The van der Waals surface area contributed by atoms with E-state index >= 15 is 0 Å². The molecule has 0 bridgehead atoms. The third kappa shape index (κ3) is 0.774. The number of hydrogen-bond acceptors (Lipinski definition) is 1. The van der Waals surface area contributed by atoms with Crippen molar-refractivity contribution >= 4 is 5.65 Å². The van der Waals surface area contributed by atoms with E-state index in [2.05, 4.69) is 4.98 Å². The molecule has 0 aliphatic heterocycles. The average molecular weight is 149 g/mol. The van der Waals surface area contributed by atoms with Gasteiger partial charge in [-0.2, -0.15) is 0 Å². The lowest BCUT2D eigenvalue weighted by Gasteiger charge is -1.92. The van der Waals surface area contributed by atoms with Gasteiger partial charge in [0.2, 0.25) is 0 Å². The van der Waals surface area contributed by atoms with Gasteiger partial charge in [-0.25, -0.2) is 0 Å². The molecule has 0 aliphatic carbocycles. The molecule has 0 radical (unpaired) electrons. The molecule has 0 amide bonds. The molecule has 56 valence electrons. The van der Waals surface area contributed by atoms with Crippen LogP contribution in [0.25, 0.3) is 5.65 Å². The Morgan fingerprint density at radius 1 is 1.73 bits per heavy atom. The fourth-order valence-electron chi connectivity index (χ4n) is 1.04. The van der Waals surface area contributed by atoms with Gasteiger partial charge in [-0.1, -0.05) is 6.07 Å². The summed E-state index contributed by atoms with van der Waals surface area (Å²) in [5.41, 5.74) is 1.07. The first-order valence-corrected chi connectivity index (χ1v) is 3.36. The molecule has 2 aromatic heterocycles. The Balaban J connectivity index is 3.07. The fraction of sp³-hybridized carbons (Fsp3) is 0.125. The molecule has 0 saturated heterocycles. The number of nitrogens with one attached hydrogen (secondary N) is 1. The maximum atomic E-state index is 11.4. The van der Waals surface area contributed by atoms with Gasteiger partial charge in [-0.3, -0.25) is 9.20 Å². The van der Waals surface area contributed by atoms with Gasteiger partial charge in [-0.05, 0) is 13.0 Å². The lowest BCUT2D eigenvalue weighted by Crippen LogP contribution is -2.13. The SMILES string of the molecule is [2H]c1cc(C)c(=O)n2cc[nH]c12. The second kappa shape index (κ2) is 1.99. The van der Waals surface area contributed by atoms with Gasteiger partial charge in [0.15, 0.2) is 0 Å². The lowest BCUT2D eigenvalue weighted by molar-refractivity contribution is 1.08. The van der Waals surface area contributed by atoms with Gasteiger partial charge in [0.05, 0.1) is 1.37 Å². The van der Waals surface area contributed by atoms with Crippen molar-refractivity contribution in [3.05, 3.63) is 40.4 Å². The topological polar surface area (TPSA) is 37.3 Å². The lowest BCUT2D eigenvalue weighted by atomic mass is 10.3. The smallest absolute Gasteiger partial charge is 0.259 e. The molecule has 0 aliphatic rings. The third-order valence-corrected chi connectivity index (χ3v) is 1.67. The van der Waals surface area contributed by atoms with Crippen LogP contribution < -0.4 is 5.56 Å². The Bertz CT molecular complexity index is 483. The zero-order valence-corrected chi connectivity index (χ0v) is 6.09. The van der Waals surface area contributed by atoms with Crippen molar-refractivity contribution < 1.29 is 1.37 Å². The molecule has 0 saturated carbocycles. The largest absolute Gasteiger partial charge is 0.346 e. The zero-order valence-electron chi connectivity index (χ0n) is 7.09. The molecule has 3 nitrogen and oxygen atoms in total. The number of nitrogens with zero attached hydrogens (tertiary/aromatic N) is 1. The Morgan fingerprint density at radius 2 is 2.55 bits per heavy atom. The highest BCUT2D eigenvalue weighted by molar-refractivity contribution is 5.38. The molecule has 2 aromatic rings. The summed E-state index contributed by atoms with van der Waals surface area (Å²) in [6, 6.07) is 1.91. The highest BCUT2D eigenvalue weighted by Crippen LogP contribution is 1.96. The number of aromatic nitrogens is 2. The molecule has 0 atom stereocenters. The first-order valence-electron chi connectivity index (χ1n) is 3.86. The minimum atomic E-state index is -0.0674. The highest BCUT2D eigenvalue weighted by Gasteiger charge is 1.97. The van der Waals surface area contributed by atoms with Crippen LogP contribution in [0.2, 0.25) is 0 Å². The van der Waals surface area contributed by atoms with Crippen LogP contribution in [0.5, 0.6) is 0 Å². The van der Waals surface area contributed by atoms with Crippen LogP contribution in [0.3, 0.4) is 0 Å². The van der Waals surface area contributed by atoms with Crippen molar-refractivity contribution in [3.8, 4) is 0 Å². The maximum absolute atomic E-state index is 11.4. The number of rotatable bonds is 0. The van der Waals surface area contributed by atoms with Crippen LogP contribution in [0.1, 0.15) is 6.93 Å². The molecular weight excluding hydrogens is 140 g/mol. The summed E-state index contributed by atoms with van der Waals surface area (Å²) in [6.07, 6.45) is 3.27. The molecule has 2 rings (SSSR count). The third-order valence-electron chi connectivity index (χ3n) is 1.67. The van der Waals surface area contributed by atoms with E-state index < -0.39 is 0 Å². The zero-order chi connectivity index (χ0) is 8.72. The van der Waals surface area contributed by atoms with Crippen molar-refractivity contribution in [1.29, 1.82) is 0 Å². The van der Waals surface area contributed by atoms with E-state index in [1.165, 1.54) is 4.40 Å². The van der Waals surface area contributed by atoms with Crippen molar-refractivity contribution in [2.45, 2.75) is 6.92 Å². The van der Waals surface area contributed by atoms with Crippen molar-refractivity contribution in [3.63, 3.8) is 0 Å². The summed E-state index contributed by atoms with van der Waals surface area (Å²) in [4.78, 5) is 14.2. The maximum Gasteiger partial charge on any atom is 0.259 e. The normalized spacial score (nSPS) is 11.9. The summed E-state index contributed by atoms with van der Waals surface area (Å²) >= 11 is 0. The van der Waals surface area contributed by atoms with Crippen molar-refractivity contribution in [2.75, 3.05) is 0 Å². The monoisotopic (exact) mass is 149 g/mol. The van der Waals surface area contributed by atoms with Crippen LogP contribution in [0, 0.1) is 6.92 Å². The molecule has 0 fully saturated rings. The second-order valence-electron chi connectivity index (χ2n) is 2.46. The number of H-pyrrole nitrogens is 1. The molecule has 3 heteroatoms. The summed E-state index contributed by atoms with van der Waals surface area (Å²) < 4.78 is 8.97. The van der Waals surface area contributed by atoms with Crippen LogP contribution >= 0.6 is 0 Å². The summed E-state index contributed by atoms with van der Waals surface area (Å²) in [7, 11) is 0. The summed E-state index contributed by atoms with van der Waals surface area (Å²) in [5.74, 6) is 0. The van der Waals surface area contributed by atoms with E-state index in [-0.39, 0.29) is 5.56 Å². The van der Waals surface area contributed by atoms with E-state index in [1.807, 2.05) is 0 Å². The molecule has 0 unspecified atom stereocenters.